The lowest BCUT2D eigenvalue weighted by atomic mass is 9.77. The lowest BCUT2D eigenvalue weighted by molar-refractivity contribution is 0.226. The summed E-state index contributed by atoms with van der Waals surface area (Å²) in [7, 11) is 0. The van der Waals surface area contributed by atoms with E-state index in [1.165, 1.54) is 38.5 Å². The molecule has 0 bridgehead atoms. The molecule has 2 heterocycles. The quantitative estimate of drug-likeness (QED) is 0.644. The van der Waals surface area contributed by atoms with Crippen LogP contribution in [-0.2, 0) is 0 Å². The highest BCUT2D eigenvalue weighted by Crippen LogP contribution is 2.47. The van der Waals surface area contributed by atoms with E-state index >= 15 is 0 Å². The van der Waals surface area contributed by atoms with Crippen LogP contribution in [0.3, 0.4) is 0 Å². The van der Waals surface area contributed by atoms with Gasteiger partial charge in [0.2, 0.25) is 0 Å². The maximum absolute atomic E-state index is 6.40. The number of nitrogens with zero attached hydrogens (tertiary/aromatic N) is 3. The van der Waals surface area contributed by atoms with Crippen molar-refractivity contribution in [3.63, 3.8) is 0 Å². The van der Waals surface area contributed by atoms with Crippen LogP contribution in [0.1, 0.15) is 51.1 Å². The first-order valence-corrected chi connectivity index (χ1v) is 10.7. The summed E-state index contributed by atoms with van der Waals surface area (Å²) in [4.78, 5) is 11.9. The number of rotatable bonds is 3. The van der Waals surface area contributed by atoms with Gasteiger partial charge in [-0.25, -0.2) is 9.97 Å². The average Bonchev–Trinajstić information content (AvgIpc) is 3.12. The molecule has 0 amide bonds. The summed E-state index contributed by atoms with van der Waals surface area (Å²) in [5, 5.41) is 0.908. The first kappa shape index (κ1) is 19.5. The minimum atomic E-state index is 0.366. The minimum Gasteiger partial charge on any atom is -0.382 e. The molecule has 28 heavy (non-hydrogen) atoms. The van der Waals surface area contributed by atoms with Gasteiger partial charge in [0.05, 0.1) is 10.0 Å². The molecule has 1 aromatic carbocycles. The third kappa shape index (κ3) is 3.48. The number of aromatic nitrogens is 2. The van der Waals surface area contributed by atoms with Gasteiger partial charge in [-0.05, 0) is 49.7 Å². The smallest absolute Gasteiger partial charge is 0.157 e. The lowest BCUT2D eigenvalue weighted by Gasteiger charge is -2.40. The van der Waals surface area contributed by atoms with Crippen LogP contribution >= 0.6 is 23.2 Å². The molecule has 0 radical (unpaired) electrons. The molecule has 1 spiro atoms. The fourth-order valence-corrected chi connectivity index (χ4v) is 5.04. The van der Waals surface area contributed by atoms with Gasteiger partial charge in [0.15, 0.2) is 11.6 Å². The zero-order chi connectivity index (χ0) is 19.9. The van der Waals surface area contributed by atoms with E-state index < -0.39 is 0 Å². The second-order valence-corrected chi connectivity index (χ2v) is 8.99. The van der Waals surface area contributed by atoms with Crippen molar-refractivity contribution in [2.75, 3.05) is 23.7 Å². The first-order valence-electron chi connectivity index (χ1n) is 9.93. The van der Waals surface area contributed by atoms with E-state index in [0.29, 0.717) is 32.5 Å². The Bertz CT molecular complexity index is 909. The van der Waals surface area contributed by atoms with Crippen LogP contribution < -0.4 is 10.6 Å². The molecule has 6 heteroatoms. The molecule has 1 saturated carbocycles. The van der Waals surface area contributed by atoms with Crippen molar-refractivity contribution in [1.82, 2.24) is 9.97 Å². The van der Waals surface area contributed by atoms with Gasteiger partial charge in [-0.15, -0.1) is 0 Å². The van der Waals surface area contributed by atoms with Crippen molar-refractivity contribution in [1.29, 1.82) is 0 Å². The maximum Gasteiger partial charge on any atom is 0.157 e. The second-order valence-electron chi connectivity index (χ2n) is 8.21. The van der Waals surface area contributed by atoms with Crippen molar-refractivity contribution in [2.45, 2.75) is 45.4 Å². The van der Waals surface area contributed by atoms with Gasteiger partial charge in [-0.1, -0.05) is 54.8 Å². The molecule has 2 fully saturated rings. The molecule has 4 rings (SSSR count). The molecule has 2 aliphatic rings. The molecular weight excluding hydrogens is 391 g/mol. The van der Waals surface area contributed by atoms with Crippen molar-refractivity contribution in [3.8, 4) is 11.3 Å². The molecule has 2 aromatic rings. The number of allylic oxidation sites excluding steroid dienone is 1. The summed E-state index contributed by atoms with van der Waals surface area (Å²) in [5.41, 5.74) is 9.77. The van der Waals surface area contributed by atoms with E-state index in [1.54, 1.807) is 6.07 Å². The van der Waals surface area contributed by atoms with E-state index in [4.69, 9.17) is 38.9 Å². The van der Waals surface area contributed by atoms with E-state index in [2.05, 4.69) is 11.5 Å². The first-order chi connectivity index (χ1) is 13.4. The average molecular weight is 417 g/mol. The predicted octanol–water partition coefficient (Wildman–Crippen LogP) is 6.23. The minimum absolute atomic E-state index is 0.366. The molecule has 148 valence electrons. The van der Waals surface area contributed by atoms with E-state index in [0.717, 1.165) is 30.2 Å². The Morgan fingerprint density at radius 1 is 1.11 bits per heavy atom. The molecule has 0 atom stereocenters. The normalized spacial score (nSPS) is 18.6. The molecule has 1 aliphatic carbocycles. The summed E-state index contributed by atoms with van der Waals surface area (Å²) >= 11 is 12.6. The zero-order valence-electron chi connectivity index (χ0n) is 16.3. The Morgan fingerprint density at radius 3 is 2.43 bits per heavy atom. The van der Waals surface area contributed by atoms with Crippen molar-refractivity contribution >= 4 is 40.4 Å². The van der Waals surface area contributed by atoms with E-state index in [1.807, 2.05) is 19.1 Å². The highest BCUT2D eigenvalue weighted by atomic mass is 35.5. The molecule has 0 unspecified atom stereocenters. The fraction of sp³-hybridized carbons (Fsp3) is 0.455. The van der Waals surface area contributed by atoms with Gasteiger partial charge >= 0.3 is 0 Å². The SMILES string of the molecule is C=C(C)c1nc(-c2cccc(Cl)c2Cl)c(N)nc1N1CCC2(CCCC2)CC1. The third-order valence-electron chi connectivity index (χ3n) is 6.30. The number of hydrogen-bond acceptors (Lipinski definition) is 4. The zero-order valence-corrected chi connectivity index (χ0v) is 17.8. The van der Waals surface area contributed by atoms with Gasteiger partial charge in [-0.3, -0.25) is 0 Å². The number of nitrogen functional groups attached to an aromatic ring is 1. The van der Waals surface area contributed by atoms with Crippen LogP contribution in [0.5, 0.6) is 0 Å². The van der Waals surface area contributed by atoms with Gasteiger partial charge in [-0.2, -0.15) is 0 Å². The molecule has 2 N–H and O–H groups in total. The number of piperidine rings is 1. The molecule has 1 saturated heterocycles. The Morgan fingerprint density at radius 2 is 1.79 bits per heavy atom. The monoisotopic (exact) mass is 416 g/mol. The highest BCUT2D eigenvalue weighted by molar-refractivity contribution is 6.43. The topological polar surface area (TPSA) is 55.0 Å². The number of nitrogens with two attached hydrogens (primary N) is 1. The number of benzene rings is 1. The number of anilines is 2. The maximum atomic E-state index is 6.40. The number of hydrogen-bond donors (Lipinski definition) is 1. The number of halogens is 2. The van der Waals surface area contributed by atoms with Gasteiger partial charge < -0.3 is 10.6 Å². The Hall–Kier alpha value is -1.78. The van der Waals surface area contributed by atoms with Crippen LogP contribution in [-0.4, -0.2) is 23.1 Å². The van der Waals surface area contributed by atoms with Gasteiger partial charge in [0, 0.05) is 18.7 Å². The fourth-order valence-electron chi connectivity index (χ4n) is 4.65. The van der Waals surface area contributed by atoms with Crippen LogP contribution in [0.15, 0.2) is 24.8 Å². The molecule has 1 aromatic heterocycles. The second kappa shape index (κ2) is 7.57. The van der Waals surface area contributed by atoms with Crippen LogP contribution in [0.4, 0.5) is 11.6 Å². The van der Waals surface area contributed by atoms with Crippen molar-refractivity contribution < 1.29 is 0 Å². The Balaban J connectivity index is 1.70. The predicted molar refractivity (Wildman–Crippen MR) is 119 cm³/mol. The largest absolute Gasteiger partial charge is 0.382 e. The Kier molecular flexibility index (Phi) is 5.28. The summed E-state index contributed by atoms with van der Waals surface area (Å²) in [6, 6.07) is 5.45. The standard InChI is InChI=1S/C22H26Cl2N4/c1-14(2)18-21(28-12-10-22(11-13-28)8-3-4-9-22)27-20(25)19(26-18)15-6-5-7-16(23)17(15)24/h5-7H,1,3-4,8-13H2,2H3,(H2,25,27). The van der Waals surface area contributed by atoms with Crippen LogP contribution in [0.25, 0.3) is 16.8 Å². The molecular formula is C22H26Cl2N4. The summed E-state index contributed by atoms with van der Waals surface area (Å²) in [5.74, 6) is 1.20. The van der Waals surface area contributed by atoms with Crippen molar-refractivity contribution in [3.05, 3.63) is 40.5 Å². The summed E-state index contributed by atoms with van der Waals surface area (Å²) < 4.78 is 0. The lowest BCUT2D eigenvalue weighted by Crippen LogP contribution is -2.40. The van der Waals surface area contributed by atoms with Crippen LogP contribution in [0, 0.1) is 5.41 Å². The molecule has 4 nitrogen and oxygen atoms in total. The van der Waals surface area contributed by atoms with E-state index in [9.17, 15) is 0 Å². The summed E-state index contributed by atoms with van der Waals surface area (Å²) in [6.45, 7) is 8.06. The highest BCUT2D eigenvalue weighted by Gasteiger charge is 2.37. The Labute approximate surface area is 176 Å². The van der Waals surface area contributed by atoms with Crippen molar-refractivity contribution in [2.24, 2.45) is 5.41 Å². The summed E-state index contributed by atoms with van der Waals surface area (Å²) in [6.07, 6.45) is 7.91. The van der Waals surface area contributed by atoms with Crippen LogP contribution in [0.2, 0.25) is 10.0 Å². The molecule has 1 aliphatic heterocycles. The van der Waals surface area contributed by atoms with Gasteiger partial charge in [0.1, 0.15) is 11.4 Å². The van der Waals surface area contributed by atoms with E-state index in [-0.39, 0.29) is 0 Å². The van der Waals surface area contributed by atoms with Gasteiger partial charge in [0.25, 0.3) is 0 Å². The third-order valence-corrected chi connectivity index (χ3v) is 7.12.